The van der Waals surface area contributed by atoms with Crippen LogP contribution in [0, 0.1) is 5.82 Å². The first kappa shape index (κ1) is 23.2. The van der Waals surface area contributed by atoms with E-state index in [1.165, 1.54) is 12.1 Å². The van der Waals surface area contributed by atoms with E-state index >= 15 is 0 Å². The van der Waals surface area contributed by atoms with Crippen LogP contribution in [0.2, 0.25) is 0 Å². The van der Waals surface area contributed by atoms with E-state index in [2.05, 4.69) is 9.88 Å². The normalized spacial score (nSPS) is 11.6. The average molecular weight is 433 g/mol. The number of amides is 1. The predicted octanol–water partition coefficient (Wildman–Crippen LogP) is 6.33. The molecule has 1 heterocycles. The summed E-state index contributed by atoms with van der Waals surface area (Å²) in [4.78, 5) is 24.8. The van der Waals surface area contributed by atoms with Gasteiger partial charge in [-0.15, -0.1) is 0 Å². The monoisotopic (exact) mass is 432 g/mol. The van der Waals surface area contributed by atoms with Gasteiger partial charge >= 0.3 is 0 Å². The second-order valence-corrected chi connectivity index (χ2v) is 8.04. The van der Waals surface area contributed by atoms with E-state index in [0.717, 1.165) is 40.1 Å². The quantitative estimate of drug-likeness (QED) is 0.423. The Kier molecular flexibility index (Phi) is 7.41. The Labute approximate surface area is 188 Å². The summed E-state index contributed by atoms with van der Waals surface area (Å²) in [5, 5.41) is 2.99. The summed E-state index contributed by atoms with van der Waals surface area (Å²) in [7, 11) is 0. The molecule has 0 atom stereocenters. The molecule has 166 valence electrons. The molecular weight excluding hydrogens is 403 g/mol. The topological polar surface area (TPSA) is 51.1 Å². The Hall–Kier alpha value is -3.47. The maximum atomic E-state index is 13.7. The van der Waals surface area contributed by atoms with Gasteiger partial charge in [0.05, 0.1) is 11.3 Å². The summed E-state index contributed by atoms with van der Waals surface area (Å²) in [5.74, 6) is -0.506. The van der Waals surface area contributed by atoms with Crippen LogP contribution in [0.25, 0.3) is 22.4 Å². The van der Waals surface area contributed by atoms with Crippen molar-refractivity contribution < 1.29 is 14.0 Å². The van der Waals surface area contributed by atoms with Crippen molar-refractivity contribution in [2.75, 3.05) is 0 Å². The second kappa shape index (κ2) is 10.2. The molecule has 1 amide bonds. The highest BCUT2D eigenvalue weighted by Gasteiger charge is 2.30. The Morgan fingerprint density at radius 2 is 1.72 bits per heavy atom. The second-order valence-electron chi connectivity index (χ2n) is 8.04. The summed E-state index contributed by atoms with van der Waals surface area (Å²) in [6, 6.07) is 16.0. The van der Waals surface area contributed by atoms with Crippen molar-refractivity contribution in [3.63, 3.8) is 0 Å². The number of hydrogen-bond donors (Lipinski definition) is 1. The third-order valence-electron chi connectivity index (χ3n) is 5.47. The standard InChI is InChI=1S/C27H29FN2O2/c1-5-19(4)29-27(32)24-23(20-10-7-6-8-11-20)26(21-12-14-22(28)15-13-21)30(16-9-17-31)25(24)18(2)3/h5-8,10-15,17-18H,9,16H2,1-4H3,(H,29,32)/b19-5+. The summed E-state index contributed by atoms with van der Waals surface area (Å²) < 4.78 is 15.8. The number of halogens is 1. The van der Waals surface area contributed by atoms with Gasteiger partial charge in [0, 0.05) is 29.9 Å². The molecule has 0 saturated carbocycles. The first-order valence-corrected chi connectivity index (χ1v) is 10.8. The number of rotatable bonds is 8. The molecule has 3 aromatic rings. The van der Waals surface area contributed by atoms with Crippen molar-refractivity contribution in [3.8, 4) is 22.4 Å². The Bertz CT molecular complexity index is 1130. The zero-order chi connectivity index (χ0) is 23.3. The molecule has 0 fully saturated rings. The number of aromatic nitrogens is 1. The molecule has 3 rings (SSSR count). The summed E-state index contributed by atoms with van der Waals surface area (Å²) >= 11 is 0. The summed E-state index contributed by atoms with van der Waals surface area (Å²) in [6.45, 7) is 8.22. The number of benzene rings is 2. The molecule has 0 unspecified atom stereocenters. The first-order valence-electron chi connectivity index (χ1n) is 10.8. The van der Waals surface area contributed by atoms with Crippen LogP contribution in [-0.2, 0) is 11.3 Å². The van der Waals surface area contributed by atoms with Crippen LogP contribution >= 0.6 is 0 Å². The number of aldehydes is 1. The molecule has 1 aromatic heterocycles. The molecule has 0 radical (unpaired) electrons. The smallest absolute Gasteiger partial charge is 0.257 e. The first-order chi connectivity index (χ1) is 15.4. The van der Waals surface area contributed by atoms with Gasteiger partial charge in [0.15, 0.2) is 0 Å². The van der Waals surface area contributed by atoms with Crippen LogP contribution in [0.5, 0.6) is 0 Å². The third kappa shape index (κ3) is 4.72. The van der Waals surface area contributed by atoms with E-state index in [1.54, 1.807) is 12.1 Å². The number of carbonyl (C=O) groups excluding carboxylic acids is 2. The van der Waals surface area contributed by atoms with Gasteiger partial charge in [-0.1, -0.05) is 50.3 Å². The fourth-order valence-electron chi connectivity index (χ4n) is 3.99. The lowest BCUT2D eigenvalue weighted by atomic mass is 9.94. The molecule has 0 aliphatic heterocycles. The van der Waals surface area contributed by atoms with Crippen LogP contribution in [0.15, 0.2) is 66.4 Å². The predicted molar refractivity (Wildman–Crippen MR) is 127 cm³/mol. The zero-order valence-corrected chi connectivity index (χ0v) is 19.0. The van der Waals surface area contributed by atoms with Crippen molar-refractivity contribution in [1.82, 2.24) is 9.88 Å². The van der Waals surface area contributed by atoms with Crippen molar-refractivity contribution in [1.29, 1.82) is 0 Å². The van der Waals surface area contributed by atoms with E-state index in [1.807, 2.05) is 64.1 Å². The lowest BCUT2D eigenvalue weighted by Gasteiger charge is -2.16. The third-order valence-corrected chi connectivity index (χ3v) is 5.47. The van der Waals surface area contributed by atoms with E-state index in [9.17, 15) is 14.0 Å². The van der Waals surface area contributed by atoms with E-state index in [4.69, 9.17) is 0 Å². The molecular formula is C27H29FN2O2. The van der Waals surface area contributed by atoms with Crippen molar-refractivity contribution >= 4 is 12.2 Å². The van der Waals surface area contributed by atoms with E-state index in [0.29, 0.717) is 18.5 Å². The maximum absolute atomic E-state index is 13.7. The maximum Gasteiger partial charge on any atom is 0.257 e. The van der Waals surface area contributed by atoms with Crippen LogP contribution < -0.4 is 5.32 Å². The van der Waals surface area contributed by atoms with Crippen molar-refractivity contribution in [2.45, 2.75) is 46.6 Å². The molecule has 0 aliphatic rings. The summed E-state index contributed by atoms with van der Waals surface area (Å²) in [6.07, 6.45) is 3.04. The fraction of sp³-hybridized carbons (Fsp3) is 0.259. The van der Waals surface area contributed by atoms with E-state index in [-0.39, 0.29) is 17.6 Å². The van der Waals surface area contributed by atoms with Gasteiger partial charge in [-0.25, -0.2) is 4.39 Å². The molecule has 0 saturated heterocycles. The zero-order valence-electron chi connectivity index (χ0n) is 19.0. The van der Waals surface area contributed by atoms with Gasteiger partial charge in [-0.3, -0.25) is 4.79 Å². The molecule has 2 aromatic carbocycles. The van der Waals surface area contributed by atoms with Gasteiger partial charge in [-0.05, 0) is 55.2 Å². The molecule has 0 aliphatic carbocycles. The van der Waals surface area contributed by atoms with Crippen LogP contribution in [-0.4, -0.2) is 16.8 Å². The Morgan fingerprint density at radius 3 is 2.28 bits per heavy atom. The SMILES string of the molecule is C/C=C(\C)NC(=O)c1c(-c2ccccc2)c(-c2ccc(F)cc2)n(CCC=O)c1C(C)C. The highest BCUT2D eigenvalue weighted by molar-refractivity contribution is 6.07. The van der Waals surface area contributed by atoms with Gasteiger partial charge in [0.25, 0.3) is 5.91 Å². The molecule has 32 heavy (non-hydrogen) atoms. The Morgan fingerprint density at radius 1 is 1.06 bits per heavy atom. The summed E-state index contributed by atoms with van der Waals surface area (Å²) in [5.41, 5.74) is 5.47. The van der Waals surface area contributed by atoms with E-state index < -0.39 is 0 Å². The van der Waals surface area contributed by atoms with Gasteiger partial charge in [0.1, 0.15) is 12.1 Å². The molecule has 4 nitrogen and oxygen atoms in total. The highest BCUT2D eigenvalue weighted by Crippen LogP contribution is 2.42. The molecule has 5 heteroatoms. The van der Waals surface area contributed by atoms with Gasteiger partial charge in [-0.2, -0.15) is 0 Å². The minimum absolute atomic E-state index is 0.0185. The fourth-order valence-corrected chi connectivity index (χ4v) is 3.99. The number of nitrogens with one attached hydrogen (secondary N) is 1. The lowest BCUT2D eigenvalue weighted by Crippen LogP contribution is -2.23. The van der Waals surface area contributed by atoms with Crippen molar-refractivity contribution in [2.24, 2.45) is 0 Å². The number of carbonyl (C=O) groups is 2. The average Bonchev–Trinajstić information content (AvgIpc) is 3.14. The van der Waals surface area contributed by atoms with Crippen LogP contribution in [0.1, 0.15) is 56.1 Å². The van der Waals surface area contributed by atoms with Crippen LogP contribution in [0.4, 0.5) is 4.39 Å². The molecule has 0 bridgehead atoms. The molecule has 1 N–H and O–H groups in total. The largest absolute Gasteiger partial charge is 0.343 e. The van der Waals surface area contributed by atoms with Crippen molar-refractivity contribution in [3.05, 3.63) is 83.4 Å². The molecule has 0 spiro atoms. The minimum Gasteiger partial charge on any atom is -0.343 e. The van der Waals surface area contributed by atoms with Crippen LogP contribution in [0.3, 0.4) is 0 Å². The number of allylic oxidation sites excluding steroid dienone is 2. The van der Waals surface area contributed by atoms with Gasteiger partial charge < -0.3 is 14.7 Å². The van der Waals surface area contributed by atoms with Gasteiger partial charge in [0.2, 0.25) is 0 Å². The highest BCUT2D eigenvalue weighted by atomic mass is 19.1. The Balaban J connectivity index is 2.44. The number of nitrogens with zero attached hydrogens (tertiary/aromatic N) is 1. The minimum atomic E-state index is -0.327. The number of hydrogen-bond acceptors (Lipinski definition) is 2. The lowest BCUT2D eigenvalue weighted by molar-refractivity contribution is -0.108.